The summed E-state index contributed by atoms with van der Waals surface area (Å²) in [6, 6.07) is 8.37. The Hall–Kier alpha value is -3.25. The van der Waals surface area contributed by atoms with Crippen LogP contribution in [0.1, 0.15) is 42.7 Å². The van der Waals surface area contributed by atoms with Crippen molar-refractivity contribution in [3.8, 4) is 6.07 Å². The molecule has 1 aromatic rings. The van der Waals surface area contributed by atoms with Gasteiger partial charge in [0.1, 0.15) is 16.8 Å². The lowest BCUT2D eigenvalue weighted by Crippen LogP contribution is -2.42. The molecule has 0 unspecified atom stereocenters. The molecule has 2 aliphatic rings. The van der Waals surface area contributed by atoms with Gasteiger partial charge in [-0.2, -0.15) is 5.26 Å². The highest BCUT2D eigenvalue weighted by Crippen LogP contribution is 2.45. The number of ether oxygens (including phenoxy) is 1. The minimum atomic E-state index is -0.560. The number of carbonyl (C=O) groups is 2. The third-order valence-electron chi connectivity index (χ3n) is 5.11. The molecule has 0 spiro atoms. The second-order valence-electron chi connectivity index (χ2n) is 6.69. The summed E-state index contributed by atoms with van der Waals surface area (Å²) in [7, 11) is 1.32. The summed E-state index contributed by atoms with van der Waals surface area (Å²) in [5.74, 6) is -0.312. The first-order valence-electron chi connectivity index (χ1n) is 9.51. The maximum Gasteiger partial charge on any atom is 0.337 e. The molecule has 30 heavy (non-hydrogen) atoms. The van der Waals surface area contributed by atoms with Crippen molar-refractivity contribution in [2.45, 2.75) is 26.8 Å². The van der Waals surface area contributed by atoms with E-state index in [4.69, 9.17) is 10.5 Å². The van der Waals surface area contributed by atoms with E-state index in [0.717, 1.165) is 5.56 Å². The molecule has 1 amide bonds. The van der Waals surface area contributed by atoms with Crippen LogP contribution in [0.25, 0.3) is 0 Å². The molecule has 2 N–H and O–H groups in total. The lowest BCUT2D eigenvalue weighted by Gasteiger charge is -2.36. The van der Waals surface area contributed by atoms with Crippen molar-refractivity contribution in [3.05, 3.63) is 57.4 Å². The number of esters is 1. The first-order chi connectivity index (χ1) is 14.4. The predicted octanol–water partition coefficient (Wildman–Crippen LogP) is 2.73. The summed E-state index contributed by atoms with van der Waals surface area (Å²) in [6.45, 7) is 6.74. The second kappa shape index (κ2) is 8.63. The van der Waals surface area contributed by atoms with Crippen LogP contribution in [0.4, 0.5) is 0 Å². The molecule has 8 nitrogen and oxygen atoms in total. The number of amidine groups is 1. The Balaban J connectivity index is 2.16. The summed E-state index contributed by atoms with van der Waals surface area (Å²) < 4.78 is 4.77. The third-order valence-corrected chi connectivity index (χ3v) is 6.08. The average Bonchev–Trinajstić information content (AvgIpc) is 3.08. The number of rotatable bonds is 5. The molecule has 0 saturated heterocycles. The van der Waals surface area contributed by atoms with Gasteiger partial charge in [-0.3, -0.25) is 9.69 Å². The van der Waals surface area contributed by atoms with Crippen molar-refractivity contribution in [2.75, 3.05) is 20.2 Å². The van der Waals surface area contributed by atoms with Gasteiger partial charge < -0.3 is 15.4 Å². The number of likely N-dealkylation sites (N-methyl/N-ethyl adjacent to an activating group) is 1. The zero-order valence-electron chi connectivity index (χ0n) is 17.3. The van der Waals surface area contributed by atoms with Crippen LogP contribution in [0, 0.1) is 11.3 Å². The maximum absolute atomic E-state index is 13.4. The summed E-state index contributed by atoms with van der Waals surface area (Å²) in [5.41, 5.74) is 8.52. The Bertz CT molecular complexity index is 1020. The molecule has 1 aromatic carbocycles. The molecule has 0 radical (unpaired) electrons. The molecular formula is C21H23N5O3S. The smallest absolute Gasteiger partial charge is 0.337 e. The average molecular weight is 426 g/mol. The van der Waals surface area contributed by atoms with Gasteiger partial charge in [0.05, 0.1) is 30.0 Å². The number of amides is 1. The topological polar surface area (TPSA) is 112 Å². The van der Waals surface area contributed by atoms with E-state index in [9.17, 15) is 14.9 Å². The summed E-state index contributed by atoms with van der Waals surface area (Å²) >= 11 is 1.19. The van der Waals surface area contributed by atoms with Crippen LogP contribution >= 0.6 is 11.8 Å². The SMILES string of the molecule is CCN(CC)C(=O)C1=C(C)N=C2SC(C#N)=C(N)N2[C@@H]1c1ccc(C(=O)OC)cc1. The number of aliphatic imine (C=N–C) groups is 1. The number of hydrogen-bond donors (Lipinski definition) is 1. The van der Waals surface area contributed by atoms with E-state index in [2.05, 4.69) is 11.1 Å². The van der Waals surface area contributed by atoms with Crippen LogP contribution in [-0.4, -0.2) is 47.0 Å². The molecule has 0 bridgehead atoms. The zero-order chi connectivity index (χ0) is 22.0. The van der Waals surface area contributed by atoms with Crippen molar-refractivity contribution >= 4 is 28.8 Å². The maximum atomic E-state index is 13.4. The Morgan fingerprint density at radius 3 is 2.47 bits per heavy atom. The minimum absolute atomic E-state index is 0.134. The second-order valence-corrected chi connectivity index (χ2v) is 7.66. The normalized spacial score (nSPS) is 18.0. The predicted molar refractivity (Wildman–Crippen MR) is 115 cm³/mol. The van der Waals surface area contributed by atoms with E-state index < -0.39 is 12.0 Å². The van der Waals surface area contributed by atoms with Gasteiger partial charge in [-0.05, 0) is 50.2 Å². The number of carbonyl (C=O) groups excluding carboxylic acids is 2. The van der Waals surface area contributed by atoms with E-state index in [0.29, 0.717) is 40.0 Å². The molecule has 0 aliphatic carbocycles. The number of fused-ring (bicyclic) bond motifs is 1. The van der Waals surface area contributed by atoms with Gasteiger partial charge in [0.15, 0.2) is 5.17 Å². The van der Waals surface area contributed by atoms with E-state index >= 15 is 0 Å². The van der Waals surface area contributed by atoms with Crippen LogP contribution < -0.4 is 5.73 Å². The number of nitrogens with zero attached hydrogens (tertiary/aromatic N) is 4. The summed E-state index contributed by atoms with van der Waals surface area (Å²) in [6.07, 6.45) is 0. The zero-order valence-corrected chi connectivity index (χ0v) is 18.1. The third kappa shape index (κ3) is 3.55. The fourth-order valence-corrected chi connectivity index (χ4v) is 4.45. The number of hydrogen-bond acceptors (Lipinski definition) is 8. The van der Waals surface area contributed by atoms with E-state index in [-0.39, 0.29) is 11.7 Å². The number of nitrogens with two attached hydrogens (primary N) is 1. The van der Waals surface area contributed by atoms with Gasteiger partial charge in [-0.1, -0.05) is 12.1 Å². The van der Waals surface area contributed by atoms with Gasteiger partial charge >= 0.3 is 5.97 Å². The van der Waals surface area contributed by atoms with Gasteiger partial charge in [-0.25, -0.2) is 9.79 Å². The molecule has 2 aliphatic heterocycles. The van der Waals surface area contributed by atoms with Crippen LogP contribution in [0.2, 0.25) is 0 Å². The number of methoxy groups -OCH3 is 1. The standard InChI is InChI=1S/C21H23N5O3S/c1-5-25(6-2)19(27)16-12(3)24-21-26(18(23)15(11-22)30-21)17(16)13-7-9-14(10-8-13)20(28)29-4/h7-10,17H,5-6,23H2,1-4H3/t17-/m1/s1. The Morgan fingerprint density at radius 2 is 1.93 bits per heavy atom. The van der Waals surface area contributed by atoms with Crippen LogP contribution in [0.5, 0.6) is 0 Å². The molecular weight excluding hydrogens is 402 g/mol. The molecule has 1 atom stereocenters. The molecule has 3 rings (SSSR count). The Kier molecular flexibility index (Phi) is 6.17. The van der Waals surface area contributed by atoms with Gasteiger partial charge in [0, 0.05) is 13.1 Å². The summed E-state index contributed by atoms with van der Waals surface area (Å²) in [5, 5.41) is 9.99. The Morgan fingerprint density at radius 1 is 1.30 bits per heavy atom. The van der Waals surface area contributed by atoms with Gasteiger partial charge in [0.25, 0.3) is 5.91 Å². The summed E-state index contributed by atoms with van der Waals surface area (Å²) in [4.78, 5) is 33.6. The highest BCUT2D eigenvalue weighted by Gasteiger charge is 2.42. The fraction of sp³-hybridized carbons (Fsp3) is 0.333. The highest BCUT2D eigenvalue weighted by molar-refractivity contribution is 8.17. The van der Waals surface area contributed by atoms with Crippen molar-refractivity contribution in [1.29, 1.82) is 5.26 Å². The van der Waals surface area contributed by atoms with E-state index in [1.165, 1.54) is 18.9 Å². The molecule has 156 valence electrons. The first kappa shape index (κ1) is 21.5. The lowest BCUT2D eigenvalue weighted by molar-refractivity contribution is -0.127. The molecule has 9 heteroatoms. The van der Waals surface area contributed by atoms with Crippen molar-refractivity contribution in [2.24, 2.45) is 10.7 Å². The van der Waals surface area contributed by atoms with Crippen molar-refractivity contribution in [3.63, 3.8) is 0 Å². The van der Waals surface area contributed by atoms with Crippen LogP contribution in [0.15, 0.2) is 51.3 Å². The Labute approximate surface area is 179 Å². The monoisotopic (exact) mass is 425 g/mol. The quantitative estimate of drug-likeness (QED) is 0.722. The molecule has 2 heterocycles. The molecule has 0 saturated carbocycles. The minimum Gasteiger partial charge on any atom is -0.465 e. The van der Waals surface area contributed by atoms with E-state index in [1.54, 1.807) is 41.0 Å². The molecule has 0 aromatic heterocycles. The highest BCUT2D eigenvalue weighted by atomic mass is 32.2. The van der Waals surface area contributed by atoms with Crippen LogP contribution in [-0.2, 0) is 9.53 Å². The lowest BCUT2D eigenvalue weighted by atomic mass is 9.92. The fourth-order valence-electron chi connectivity index (χ4n) is 3.53. The van der Waals surface area contributed by atoms with Crippen LogP contribution in [0.3, 0.4) is 0 Å². The number of nitriles is 1. The molecule has 0 fully saturated rings. The number of allylic oxidation sites excluding steroid dienone is 2. The number of benzene rings is 1. The van der Waals surface area contributed by atoms with Gasteiger partial charge in [-0.15, -0.1) is 0 Å². The van der Waals surface area contributed by atoms with E-state index in [1.807, 2.05) is 13.8 Å². The van der Waals surface area contributed by atoms with Crippen molar-refractivity contribution in [1.82, 2.24) is 9.80 Å². The van der Waals surface area contributed by atoms with Crippen molar-refractivity contribution < 1.29 is 14.3 Å². The first-order valence-corrected chi connectivity index (χ1v) is 10.3. The largest absolute Gasteiger partial charge is 0.465 e. The van der Waals surface area contributed by atoms with Gasteiger partial charge in [0.2, 0.25) is 0 Å². The number of thioether (sulfide) groups is 1.